The number of nitrogens with one attached hydrogen (secondary N) is 2. The molecule has 2 aromatic rings. The van der Waals surface area contributed by atoms with E-state index in [4.69, 9.17) is 0 Å². The van der Waals surface area contributed by atoms with Gasteiger partial charge in [0.1, 0.15) is 5.01 Å². The van der Waals surface area contributed by atoms with Crippen molar-refractivity contribution < 1.29 is 0 Å². The lowest BCUT2D eigenvalue weighted by atomic mass is 10.2. The molecule has 0 bridgehead atoms. The molecule has 2 N–H and O–H groups in total. The number of thiazole rings is 1. The third-order valence-electron chi connectivity index (χ3n) is 2.93. The van der Waals surface area contributed by atoms with E-state index in [2.05, 4.69) is 74.1 Å². The molecule has 7 heteroatoms. The van der Waals surface area contributed by atoms with Gasteiger partial charge in [0, 0.05) is 26.7 Å². The number of hydrogen-bond acceptors (Lipinski definition) is 4. The lowest BCUT2D eigenvalue weighted by Gasteiger charge is -2.09. The molecule has 0 aromatic carbocycles. The molecule has 2 heterocycles. The van der Waals surface area contributed by atoms with Crippen LogP contribution in [0.25, 0.3) is 0 Å². The van der Waals surface area contributed by atoms with Crippen LogP contribution in [0.3, 0.4) is 0 Å². The van der Waals surface area contributed by atoms with Crippen molar-refractivity contribution in [1.82, 2.24) is 15.6 Å². The first kappa shape index (κ1) is 17.4. The van der Waals surface area contributed by atoms with E-state index < -0.39 is 0 Å². The van der Waals surface area contributed by atoms with Crippen molar-refractivity contribution in [1.29, 1.82) is 0 Å². The van der Waals surface area contributed by atoms with Gasteiger partial charge < -0.3 is 10.6 Å². The van der Waals surface area contributed by atoms with Crippen LogP contribution in [0.1, 0.15) is 42.3 Å². The van der Waals surface area contributed by atoms with Gasteiger partial charge in [-0.3, -0.25) is 0 Å². The van der Waals surface area contributed by atoms with Crippen LogP contribution in [-0.2, 0) is 13.1 Å². The average Bonchev–Trinajstić information content (AvgIpc) is 3.11. The molecule has 0 atom stereocenters. The number of aliphatic imine (C=N–C) groups is 1. The van der Waals surface area contributed by atoms with Crippen LogP contribution in [0.15, 0.2) is 26.3 Å². The molecule has 4 nitrogen and oxygen atoms in total. The second-order valence-corrected chi connectivity index (χ2v) is 7.95. The molecule has 0 saturated heterocycles. The van der Waals surface area contributed by atoms with Gasteiger partial charge in [0.05, 0.1) is 18.8 Å². The zero-order chi connectivity index (χ0) is 15.9. The Morgan fingerprint density at radius 1 is 1.32 bits per heavy atom. The summed E-state index contributed by atoms with van der Waals surface area (Å²) in [5, 5.41) is 11.9. The lowest BCUT2D eigenvalue weighted by molar-refractivity contribution is 0.788. The summed E-state index contributed by atoms with van der Waals surface area (Å²) in [6.45, 7) is 8.63. The molecule has 0 aliphatic heterocycles. The second kappa shape index (κ2) is 8.64. The van der Waals surface area contributed by atoms with Gasteiger partial charge in [-0.05, 0) is 34.8 Å². The summed E-state index contributed by atoms with van der Waals surface area (Å²) in [6.07, 6.45) is 0. The van der Waals surface area contributed by atoms with Crippen molar-refractivity contribution in [3.05, 3.63) is 36.9 Å². The topological polar surface area (TPSA) is 49.3 Å². The highest BCUT2D eigenvalue weighted by Crippen LogP contribution is 2.20. The molecule has 0 fully saturated rings. The minimum Gasteiger partial charge on any atom is -0.357 e. The van der Waals surface area contributed by atoms with Crippen molar-refractivity contribution >= 4 is 44.6 Å². The molecule has 2 aromatic heterocycles. The quantitative estimate of drug-likeness (QED) is 0.559. The molecule has 0 saturated carbocycles. The van der Waals surface area contributed by atoms with Crippen LogP contribution in [0, 0.1) is 0 Å². The Kier molecular flexibility index (Phi) is 6.85. The highest BCUT2D eigenvalue weighted by atomic mass is 79.9. The molecular weight excluding hydrogens is 380 g/mol. The number of hydrogen-bond donors (Lipinski definition) is 2. The summed E-state index contributed by atoms with van der Waals surface area (Å²) < 4.78 is 1.12. The van der Waals surface area contributed by atoms with Crippen LogP contribution in [0.2, 0.25) is 0 Å². The third-order valence-corrected chi connectivity index (χ3v) is 5.48. The van der Waals surface area contributed by atoms with E-state index in [0.717, 1.165) is 27.7 Å². The smallest absolute Gasteiger partial charge is 0.191 e. The molecule has 120 valence electrons. The Morgan fingerprint density at radius 2 is 2.14 bits per heavy atom. The molecule has 22 heavy (non-hydrogen) atoms. The number of guanidine groups is 1. The van der Waals surface area contributed by atoms with E-state index in [1.807, 2.05) is 0 Å². The number of thiophene rings is 1. The Balaban J connectivity index is 1.92. The normalized spacial score (nSPS) is 12.0. The Morgan fingerprint density at radius 3 is 2.73 bits per heavy atom. The summed E-state index contributed by atoms with van der Waals surface area (Å²) in [6, 6.07) is 2.10. The van der Waals surface area contributed by atoms with E-state index in [1.54, 1.807) is 22.7 Å². The molecular formula is C15H21BrN4S2. The van der Waals surface area contributed by atoms with E-state index >= 15 is 0 Å². The van der Waals surface area contributed by atoms with Crippen molar-refractivity contribution in [2.45, 2.75) is 39.8 Å². The first-order valence-electron chi connectivity index (χ1n) is 7.28. The predicted octanol–water partition coefficient (Wildman–Crippen LogP) is 4.35. The maximum atomic E-state index is 4.63. The molecule has 2 rings (SSSR count). The number of rotatable bonds is 6. The first-order valence-corrected chi connectivity index (χ1v) is 9.83. The molecule has 0 radical (unpaired) electrons. The van der Waals surface area contributed by atoms with Crippen molar-refractivity contribution in [3.8, 4) is 0 Å². The van der Waals surface area contributed by atoms with Gasteiger partial charge in [-0.2, -0.15) is 0 Å². The van der Waals surface area contributed by atoms with Crippen LogP contribution in [0.4, 0.5) is 0 Å². The molecule has 0 spiro atoms. The minimum absolute atomic E-state index is 0.476. The predicted molar refractivity (Wildman–Crippen MR) is 99.9 cm³/mol. The SMILES string of the molecule is CCNC(=NCc1cc(Br)cs1)NCc1nc(C(C)C)cs1. The summed E-state index contributed by atoms with van der Waals surface area (Å²) in [5.74, 6) is 1.30. The van der Waals surface area contributed by atoms with E-state index in [9.17, 15) is 0 Å². The van der Waals surface area contributed by atoms with E-state index in [1.165, 1.54) is 4.88 Å². The van der Waals surface area contributed by atoms with Crippen LogP contribution >= 0.6 is 38.6 Å². The molecule has 0 amide bonds. The van der Waals surface area contributed by atoms with Gasteiger partial charge in [-0.25, -0.2) is 9.98 Å². The average molecular weight is 401 g/mol. The van der Waals surface area contributed by atoms with E-state index in [0.29, 0.717) is 19.0 Å². The van der Waals surface area contributed by atoms with Crippen molar-refractivity contribution in [3.63, 3.8) is 0 Å². The largest absolute Gasteiger partial charge is 0.357 e. The standard InChI is InChI=1S/C15H21BrN4S2/c1-4-17-15(18-6-12-5-11(16)8-21-12)19-7-14-20-13(9-22-14)10(2)3/h5,8-10H,4,6-7H2,1-3H3,(H2,17,18,19). The van der Waals surface area contributed by atoms with Gasteiger partial charge >= 0.3 is 0 Å². The summed E-state index contributed by atoms with van der Waals surface area (Å²) in [4.78, 5) is 10.5. The van der Waals surface area contributed by atoms with Crippen LogP contribution in [-0.4, -0.2) is 17.5 Å². The van der Waals surface area contributed by atoms with E-state index in [-0.39, 0.29) is 0 Å². The molecule has 0 unspecified atom stereocenters. The fourth-order valence-corrected chi connectivity index (χ4v) is 4.04. The Labute approximate surface area is 148 Å². The van der Waals surface area contributed by atoms with Gasteiger partial charge in [0.25, 0.3) is 0 Å². The Hall–Kier alpha value is -0.920. The maximum absolute atomic E-state index is 4.63. The fourth-order valence-electron chi connectivity index (χ4n) is 1.77. The highest BCUT2D eigenvalue weighted by Gasteiger charge is 2.06. The van der Waals surface area contributed by atoms with Crippen molar-refractivity contribution in [2.75, 3.05) is 6.54 Å². The Bertz CT molecular complexity index is 619. The monoisotopic (exact) mass is 400 g/mol. The third kappa shape index (κ3) is 5.37. The summed E-state index contributed by atoms with van der Waals surface area (Å²) >= 11 is 6.87. The fraction of sp³-hybridized carbons (Fsp3) is 0.467. The van der Waals surface area contributed by atoms with Gasteiger partial charge in [0.15, 0.2) is 5.96 Å². The lowest BCUT2D eigenvalue weighted by Crippen LogP contribution is -2.36. The van der Waals surface area contributed by atoms with Gasteiger partial charge in [-0.1, -0.05) is 13.8 Å². The second-order valence-electron chi connectivity index (χ2n) is 5.10. The van der Waals surface area contributed by atoms with Crippen LogP contribution in [0.5, 0.6) is 0 Å². The van der Waals surface area contributed by atoms with Crippen molar-refractivity contribution in [2.24, 2.45) is 4.99 Å². The molecule has 0 aliphatic rings. The summed E-state index contributed by atoms with van der Waals surface area (Å²) in [7, 11) is 0. The van der Waals surface area contributed by atoms with Crippen LogP contribution < -0.4 is 10.6 Å². The van der Waals surface area contributed by atoms with Gasteiger partial charge in [0.2, 0.25) is 0 Å². The number of nitrogens with zero attached hydrogens (tertiary/aromatic N) is 2. The number of aromatic nitrogens is 1. The highest BCUT2D eigenvalue weighted by molar-refractivity contribution is 9.10. The first-order chi connectivity index (χ1) is 10.6. The van der Waals surface area contributed by atoms with Gasteiger partial charge in [-0.15, -0.1) is 22.7 Å². The summed E-state index contributed by atoms with van der Waals surface area (Å²) in [5.41, 5.74) is 1.16. The maximum Gasteiger partial charge on any atom is 0.191 e. The zero-order valence-corrected chi connectivity index (χ0v) is 16.2. The number of halogens is 1. The minimum atomic E-state index is 0.476. The zero-order valence-electron chi connectivity index (χ0n) is 13.0. The molecule has 0 aliphatic carbocycles.